The van der Waals surface area contributed by atoms with Gasteiger partial charge in [0, 0.05) is 63.6 Å². The summed E-state index contributed by atoms with van der Waals surface area (Å²) in [6.07, 6.45) is 10.9. The Hall–Kier alpha value is -4.77. The lowest BCUT2D eigenvalue weighted by Gasteiger charge is -2.42. The molecule has 0 radical (unpaired) electrons. The van der Waals surface area contributed by atoms with Crippen LogP contribution in [0, 0.1) is 24.7 Å². The molecule has 11 heteroatoms. The second-order valence-corrected chi connectivity index (χ2v) is 16.5. The number of piperidine rings is 3. The van der Waals surface area contributed by atoms with Gasteiger partial charge in [0.25, 0.3) is 0 Å². The van der Waals surface area contributed by atoms with Crippen molar-refractivity contribution in [3.05, 3.63) is 75.4 Å². The number of hydrogen-bond acceptors (Lipinski definition) is 9. The van der Waals surface area contributed by atoms with Gasteiger partial charge >= 0.3 is 5.97 Å². The molecule has 0 aromatic heterocycles. The van der Waals surface area contributed by atoms with E-state index >= 15 is 0 Å². The van der Waals surface area contributed by atoms with Crippen LogP contribution in [-0.4, -0.2) is 108 Å². The molecule has 6 aliphatic rings. The zero-order chi connectivity index (χ0) is 38.8. The van der Waals surface area contributed by atoms with Crippen molar-refractivity contribution >= 4 is 47.3 Å². The standard InChI is InChI=1S/C45H54N6O5/c1-3-56-45(55)41-26-40(47-48-41)32-10-14-49(15-11-32)37-12-18-51(19-13-37)44(54)35(21-30-20-29(2)39-28-46-27-36(39)22-30)25-43(53)50-16-8-31(9-17-50)38-23-33-6-4-5-7-34(33)24-42(38)52/h4-7,20,22-23,27,31-32,35,37H,3,8-19,21,24-26,28H2,1-2H3/t35-/m0/s1. The molecule has 3 fully saturated rings. The fourth-order valence-corrected chi connectivity index (χ4v) is 9.85. The van der Waals surface area contributed by atoms with Crippen LogP contribution >= 0.6 is 0 Å². The van der Waals surface area contributed by atoms with E-state index in [2.05, 4.69) is 51.3 Å². The molecule has 5 heterocycles. The molecular weight excluding hydrogens is 705 g/mol. The Kier molecular flexibility index (Phi) is 11.4. The van der Waals surface area contributed by atoms with Crippen LogP contribution < -0.4 is 0 Å². The minimum absolute atomic E-state index is 0.0277. The number of rotatable bonds is 10. The van der Waals surface area contributed by atoms with E-state index in [1.54, 1.807) is 6.92 Å². The van der Waals surface area contributed by atoms with E-state index in [0.29, 0.717) is 76.3 Å². The quantitative estimate of drug-likeness (QED) is 0.300. The fourth-order valence-electron chi connectivity index (χ4n) is 9.85. The largest absolute Gasteiger partial charge is 0.461 e. The van der Waals surface area contributed by atoms with E-state index in [-0.39, 0.29) is 35.9 Å². The Bertz CT molecular complexity index is 1990. The molecule has 56 heavy (non-hydrogen) atoms. The molecule has 294 valence electrons. The number of fused-ring (bicyclic) bond motifs is 2. The minimum atomic E-state index is -0.448. The normalized spacial score (nSPS) is 21.3. The number of carbonyl (C=O) groups is 4. The van der Waals surface area contributed by atoms with Gasteiger partial charge in [-0.1, -0.05) is 30.3 Å². The summed E-state index contributed by atoms with van der Waals surface area (Å²) >= 11 is 0. The van der Waals surface area contributed by atoms with Crippen LogP contribution in [0.1, 0.15) is 91.7 Å². The molecule has 11 nitrogen and oxygen atoms in total. The van der Waals surface area contributed by atoms with Crippen LogP contribution in [0.25, 0.3) is 6.08 Å². The highest BCUT2D eigenvalue weighted by molar-refractivity contribution is 6.41. The van der Waals surface area contributed by atoms with Crippen LogP contribution in [0.5, 0.6) is 0 Å². The number of aryl methyl sites for hydroxylation is 1. The number of ketones is 1. The summed E-state index contributed by atoms with van der Waals surface area (Å²) in [6.45, 7) is 9.42. The van der Waals surface area contributed by atoms with E-state index in [4.69, 9.17) is 4.74 Å². The molecule has 8 rings (SSSR count). The van der Waals surface area contributed by atoms with Gasteiger partial charge in [0.15, 0.2) is 11.5 Å². The molecule has 0 bridgehead atoms. The lowest BCUT2D eigenvalue weighted by molar-refractivity contribution is -0.143. The highest BCUT2D eigenvalue weighted by Gasteiger charge is 2.37. The Labute approximate surface area is 330 Å². The van der Waals surface area contributed by atoms with Crippen LogP contribution in [0.3, 0.4) is 0 Å². The van der Waals surface area contributed by atoms with Crippen molar-refractivity contribution in [1.29, 1.82) is 0 Å². The van der Waals surface area contributed by atoms with Gasteiger partial charge in [0.05, 0.1) is 24.8 Å². The smallest absolute Gasteiger partial charge is 0.354 e. The highest BCUT2D eigenvalue weighted by atomic mass is 16.5. The summed E-state index contributed by atoms with van der Waals surface area (Å²) in [5.74, 6) is -0.0445. The SMILES string of the molecule is CCOC(=O)C1=NN=C(C2CCN(C3CCN(C(=O)[C@H](CC(=O)N4CCC(C5=Cc6ccccc6CC5=O)CC4)Cc4cc(C)c5c(c4)C=NC5)CC3)CC2)C1. The lowest BCUT2D eigenvalue weighted by atomic mass is 9.80. The first kappa shape index (κ1) is 38.1. The first-order chi connectivity index (χ1) is 27.2. The maximum Gasteiger partial charge on any atom is 0.354 e. The van der Waals surface area contributed by atoms with Crippen LogP contribution in [0.4, 0.5) is 0 Å². The van der Waals surface area contributed by atoms with Crippen molar-refractivity contribution in [2.75, 3.05) is 45.9 Å². The molecular formula is C45H54N6O5. The molecule has 3 saturated heterocycles. The predicted molar refractivity (Wildman–Crippen MR) is 217 cm³/mol. The lowest BCUT2D eigenvalue weighted by Crippen LogP contribution is -2.51. The van der Waals surface area contributed by atoms with Gasteiger partial charge in [0.1, 0.15) is 0 Å². The van der Waals surface area contributed by atoms with E-state index < -0.39 is 5.92 Å². The molecule has 0 N–H and O–H groups in total. The van der Waals surface area contributed by atoms with Gasteiger partial charge in [-0.25, -0.2) is 4.79 Å². The first-order valence-electron chi connectivity index (χ1n) is 20.8. The number of aliphatic imine (C=N–C) groups is 1. The Morgan fingerprint density at radius 1 is 0.857 bits per heavy atom. The average molecular weight is 759 g/mol. The van der Waals surface area contributed by atoms with Gasteiger partial charge in [-0.05, 0) is 129 Å². The molecule has 1 aliphatic carbocycles. The predicted octanol–water partition coefficient (Wildman–Crippen LogP) is 5.39. The topological polar surface area (TPSA) is 124 Å². The molecule has 0 unspecified atom stereocenters. The van der Waals surface area contributed by atoms with Gasteiger partial charge in [-0.3, -0.25) is 19.4 Å². The number of esters is 1. The Balaban J connectivity index is 0.875. The van der Waals surface area contributed by atoms with Crippen molar-refractivity contribution in [3.8, 4) is 0 Å². The number of amides is 2. The van der Waals surface area contributed by atoms with Gasteiger partial charge in [0.2, 0.25) is 11.8 Å². The van der Waals surface area contributed by atoms with Crippen LogP contribution in [-0.2, 0) is 43.3 Å². The molecule has 0 spiro atoms. The third kappa shape index (κ3) is 8.19. The van der Waals surface area contributed by atoms with Crippen LogP contribution in [0.15, 0.2) is 57.2 Å². The van der Waals surface area contributed by atoms with Crippen molar-refractivity contribution in [1.82, 2.24) is 14.7 Å². The second-order valence-electron chi connectivity index (χ2n) is 16.5. The summed E-state index contributed by atoms with van der Waals surface area (Å²) in [6, 6.07) is 12.8. The summed E-state index contributed by atoms with van der Waals surface area (Å²) in [4.78, 5) is 64.7. The maximum absolute atomic E-state index is 14.4. The number of allylic oxidation sites excluding steroid dienone is 1. The van der Waals surface area contributed by atoms with E-state index in [1.165, 1.54) is 11.1 Å². The summed E-state index contributed by atoms with van der Waals surface area (Å²) in [5, 5.41) is 8.47. The van der Waals surface area contributed by atoms with Crippen molar-refractivity contribution in [3.63, 3.8) is 0 Å². The van der Waals surface area contributed by atoms with Crippen LogP contribution in [0.2, 0.25) is 0 Å². The number of carbonyl (C=O) groups excluding carboxylic acids is 4. The molecule has 2 aromatic rings. The molecule has 0 saturated carbocycles. The minimum Gasteiger partial charge on any atom is -0.461 e. The summed E-state index contributed by atoms with van der Waals surface area (Å²) < 4.78 is 5.11. The van der Waals surface area contributed by atoms with Gasteiger partial charge < -0.3 is 19.4 Å². The van der Waals surface area contributed by atoms with Crippen molar-refractivity contribution < 1.29 is 23.9 Å². The molecule has 2 amide bonds. The summed E-state index contributed by atoms with van der Waals surface area (Å²) in [5.41, 5.74) is 9.12. The maximum atomic E-state index is 14.4. The zero-order valence-electron chi connectivity index (χ0n) is 32.9. The van der Waals surface area contributed by atoms with Gasteiger partial charge in [-0.2, -0.15) is 5.10 Å². The first-order valence-corrected chi connectivity index (χ1v) is 20.8. The molecule has 5 aliphatic heterocycles. The number of ether oxygens (including phenoxy) is 1. The molecule has 2 aromatic carbocycles. The number of Topliss-reactive ketones (excluding diaryl/α,β-unsaturated/α-hetero) is 1. The van der Waals surface area contributed by atoms with Crippen molar-refractivity contribution in [2.45, 2.75) is 90.6 Å². The summed E-state index contributed by atoms with van der Waals surface area (Å²) in [7, 11) is 0. The van der Waals surface area contributed by atoms with E-state index in [1.807, 2.05) is 34.2 Å². The zero-order valence-corrected chi connectivity index (χ0v) is 32.9. The molecule has 1 atom stereocenters. The second kappa shape index (κ2) is 16.8. The number of nitrogens with zero attached hydrogens (tertiary/aromatic N) is 6. The number of hydrogen-bond donors (Lipinski definition) is 0. The monoisotopic (exact) mass is 758 g/mol. The third-order valence-electron chi connectivity index (χ3n) is 13.1. The Morgan fingerprint density at radius 3 is 2.36 bits per heavy atom. The number of likely N-dealkylation sites (tertiary alicyclic amines) is 3. The Morgan fingerprint density at radius 2 is 1.59 bits per heavy atom. The van der Waals surface area contributed by atoms with Gasteiger partial charge in [-0.15, -0.1) is 5.10 Å². The van der Waals surface area contributed by atoms with Crippen molar-refractivity contribution in [2.24, 2.45) is 32.9 Å². The highest BCUT2D eigenvalue weighted by Crippen LogP contribution is 2.34. The average Bonchev–Trinajstić information content (AvgIpc) is 3.92. The van der Waals surface area contributed by atoms with E-state index in [0.717, 1.165) is 85.2 Å². The third-order valence-corrected chi connectivity index (χ3v) is 13.1. The fraction of sp³-hybridized carbons (Fsp3) is 0.533. The number of benzene rings is 2. The van der Waals surface area contributed by atoms with E-state index in [9.17, 15) is 19.2 Å².